The molecule has 2 rings (SSSR count). The number of methoxy groups -OCH3 is 1. The lowest BCUT2D eigenvalue weighted by molar-refractivity contribution is 0.0945. The Morgan fingerprint density at radius 2 is 2.00 bits per heavy atom. The molecule has 1 aromatic carbocycles. The van der Waals surface area contributed by atoms with Gasteiger partial charge in [0.1, 0.15) is 5.75 Å². The van der Waals surface area contributed by atoms with Gasteiger partial charge in [-0.2, -0.15) is 0 Å². The van der Waals surface area contributed by atoms with Crippen molar-refractivity contribution in [3.05, 3.63) is 28.8 Å². The van der Waals surface area contributed by atoms with Crippen LogP contribution in [0.2, 0.25) is 5.02 Å². The van der Waals surface area contributed by atoms with Crippen LogP contribution in [-0.4, -0.2) is 44.1 Å². The van der Waals surface area contributed by atoms with Crippen molar-refractivity contribution >= 4 is 17.5 Å². The summed E-state index contributed by atoms with van der Waals surface area (Å²) >= 11 is 5.95. The number of rotatable bonds is 5. The zero-order chi connectivity index (χ0) is 15.1. The van der Waals surface area contributed by atoms with Gasteiger partial charge in [0.15, 0.2) is 0 Å². The number of benzene rings is 1. The quantitative estimate of drug-likeness (QED) is 0.909. The Bertz CT molecular complexity index is 471. The number of amides is 1. The van der Waals surface area contributed by atoms with Crippen LogP contribution in [0.4, 0.5) is 0 Å². The maximum atomic E-state index is 12.2. The molecule has 0 unspecified atom stereocenters. The van der Waals surface area contributed by atoms with Gasteiger partial charge in [0.05, 0.1) is 12.7 Å². The lowest BCUT2D eigenvalue weighted by Gasteiger charge is -2.19. The van der Waals surface area contributed by atoms with Crippen molar-refractivity contribution in [1.29, 1.82) is 0 Å². The smallest absolute Gasteiger partial charge is 0.255 e. The highest BCUT2D eigenvalue weighted by Gasteiger charge is 2.13. The highest BCUT2D eigenvalue weighted by Crippen LogP contribution is 2.22. The van der Waals surface area contributed by atoms with E-state index >= 15 is 0 Å². The molecular formula is C16H23ClN2O2. The molecule has 1 aliphatic rings. The van der Waals surface area contributed by atoms with Gasteiger partial charge in [0.2, 0.25) is 0 Å². The first-order valence-electron chi connectivity index (χ1n) is 7.55. The third-order valence-electron chi connectivity index (χ3n) is 3.82. The van der Waals surface area contributed by atoms with Crippen LogP contribution in [0.25, 0.3) is 0 Å². The largest absolute Gasteiger partial charge is 0.496 e. The van der Waals surface area contributed by atoms with E-state index in [1.807, 2.05) is 0 Å². The minimum atomic E-state index is -0.135. The standard InChI is InChI=1S/C16H23ClN2O2/c1-21-15-7-6-13(17)12-14(15)16(20)18-8-11-19-9-4-2-3-5-10-19/h6-7,12H,2-5,8-11H2,1H3,(H,18,20). The summed E-state index contributed by atoms with van der Waals surface area (Å²) in [6, 6.07) is 5.07. The fourth-order valence-corrected chi connectivity index (χ4v) is 2.81. The highest BCUT2D eigenvalue weighted by molar-refractivity contribution is 6.31. The van der Waals surface area contributed by atoms with Crippen molar-refractivity contribution in [2.24, 2.45) is 0 Å². The molecule has 0 bridgehead atoms. The molecule has 0 spiro atoms. The summed E-state index contributed by atoms with van der Waals surface area (Å²) in [5.74, 6) is 0.413. The van der Waals surface area contributed by atoms with Gasteiger partial charge in [0.25, 0.3) is 5.91 Å². The van der Waals surface area contributed by atoms with Gasteiger partial charge in [0, 0.05) is 18.1 Å². The number of nitrogens with zero attached hydrogens (tertiary/aromatic N) is 1. The first kappa shape index (κ1) is 16.1. The SMILES string of the molecule is COc1ccc(Cl)cc1C(=O)NCCN1CCCCCC1. The first-order chi connectivity index (χ1) is 10.2. The van der Waals surface area contributed by atoms with E-state index in [4.69, 9.17) is 16.3 Å². The van der Waals surface area contributed by atoms with Crippen molar-refractivity contribution in [2.45, 2.75) is 25.7 Å². The van der Waals surface area contributed by atoms with Gasteiger partial charge >= 0.3 is 0 Å². The molecule has 1 aliphatic heterocycles. The summed E-state index contributed by atoms with van der Waals surface area (Å²) in [7, 11) is 1.55. The first-order valence-corrected chi connectivity index (χ1v) is 7.92. The Hall–Kier alpha value is -1.26. The zero-order valence-electron chi connectivity index (χ0n) is 12.5. The summed E-state index contributed by atoms with van der Waals surface area (Å²) in [6.45, 7) is 3.82. The molecular weight excluding hydrogens is 288 g/mol. The molecule has 1 N–H and O–H groups in total. The Balaban J connectivity index is 1.85. The lowest BCUT2D eigenvalue weighted by atomic mass is 10.2. The number of likely N-dealkylation sites (tertiary alicyclic amines) is 1. The predicted molar refractivity (Wildman–Crippen MR) is 85.2 cm³/mol. The van der Waals surface area contributed by atoms with E-state index in [0.717, 1.165) is 19.6 Å². The van der Waals surface area contributed by atoms with E-state index in [1.54, 1.807) is 25.3 Å². The minimum absolute atomic E-state index is 0.135. The second-order valence-corrected chi connectivity index (χ2v) is 5.79. The Kier molecular flexibility index (Phi) is 6.33. The summed E-state index contributed by atoms with van der Waals surface area (Å²) in [4.78, 5) is 14.6. The number of carbonyl (C=O) groups is 1. The van der Waals surface area contributed by atoms with Crippen molar-refractivity contribution < 1.29 is 9.53 Å². The Labute approximate surface area is 131 Å². The topological polar surface area (TPSA) is 41.6 Å². The molecule has 1 amide bonds. The second kappa shape index (κ2) is 8.25. The number of ether oxygens (including phenoxy) is 1. The fraction of sp³-hybridized carbons (Fsp3) is 0.562. The molecule has 0 radical (unpaired) electrons. The molecule has 1 saturated heterocycles. The van der Waals surface area contributed by atoms with Gasteiger partial charge in [-0.15, -0.1) is 0 Å². The number of halogens is 1. The summed E-state index contributed by atoms with van der Waals surface area (Å²) < 4.78 is 5.20. The molecule has 0 aliphatic carbocycles. The summed E-state index contributed by atoms with van der Waals surface area (Å²) in [5.41, 5.74) is 0.487. The van der Waals surface area contributed by atoms with Crippen molar-refractivity contribution in [2.75, 3.05) is 33.3 Å². The van der Waals surface area contributed by atoms with E-state index in [1.165, 1.54) is 25.7 Å². The number of hydrogen-bond donors (Lipinski definition) is 1. The van der Waals surface area contributed by atoms with Crippen LogP contribution in [-0.2, 0) is 0 Å². The summed E-state index contributed by atoms with van der Waals surface area (Å²) in [6.07, 6.45) is 5.16. The van der Waals surface area contributed by atoms with E-state index in [9.17, 15) is 4.79 Å². The van der Waals surface area contributed by atoms with E-state index in [2.05, 4.69) is 10.2 Å². The van der Waals surface area contributed by atoms with Crippen LogP contribution >= 0.6 is 11.6 Å². The third-order valence-corrected chi connectivity index (χ3v) is 4.05. The number of nitrogens with one attached hydrogen (secondary N) is 1. The number of carbonyl (C=O) groups excluding carboxylic acids is 1. The van der Waals surface area contributed by atoms with Crippen molar-refractivity contribution in [1.82, 2.24) is 10.2 Å². The lowest BCUT2D eigenvalue weighted by Crippen LogP contribution is -2.35. The predicted octanol–water partition coefficient (Wildman–Crippen LogP) is 2.95. The van der Waals surface area contributed by atoms with Crippen LogP contribution in [0.5, 0.6) is 5.75 Å². The molecule has 4 nitrogen and oxygen atoms in total. The molecule has 0 atom stereocenters. The van der Waals surface area contributed by atoms with Crippen LogP contribution in [0, 0.1) is 0 Å². The molecule has 0 saturated carbocycles. The van der Waals surface area contributed by atoms with Crippen molar-refractivity contribution in [3.63, 3.8) is 0 Å². The molecule has 116 valence electrons. The van der Waals surface area contributed by atoms with E-state index in [0.29, 0.717) is 22.9 Å². The normalized spacial score (nSPS) is 16.3. The van der Waals surface area contributed by atoms with Crippen LogP contribution < -0.4 is 10.1 Å². The van der Waals surface area contributed by atoms with Crippen LogP contribution in [0.1, 0.15) is 36.0 Å². The average Bonchev–Trinajstić information content (AvgIpc) is 2.76. The zero-order valence-corrected chi connectivity index (χ0v) is 13.3. The Morgan fingerprint density at radius 1 is 1.29 bits per heavy atom. The highest BCUT2D eigenvalue weighted by atomic mass is 35.5. The fourth-order valence-electron chi connectivity index (χ4n) is 2.64. The van der Waals surface area contributed by atoms with Crippen molar-refractivity contribution in [3.8, 4) is 5.75 Å². The van der Waals surface area contributed by atoms with E-state index in [-0.39, 0.29) is 5.91 Å². The minimum Gasteiger partial charge on any atom is -0.496 e. The molecule has 5 heteroatoms. The molecule has 0 aromatic heterocycles. The maximum Gasteiger partial charge on any atom is 0.255 e. The molecule has 1 fully saturated rings. The number of hydrogen-bond acceptors (Lipinski definition) is 3. The van der Waals surface area contributed by atoms with Gasteiger partial charge in [-0.3, -0.25) is 4.79 Å². The Morgan fingerprint density at radius 3 is 2.67 bits per heavy atom. The molecule has 1 heterocycles. The second-order valence-electron chi connectivity index (χ2n) is 5.36. The van der Waals surface area contributed by atoms with Gasteiger partial charge in [-0.1, -0.05) is 24.4 Å². The van der Waals surface area contributed by atoms with Crippen LogP contribution in [0.3, 0.4) is 0 Å². The molecule has 21 heavy (non-hydrogen) atoms. The maximum absolute atomic E-state index is 12.2. The third kappa shape index (κ3) is 4.90. The van der Waals surface area contributed by atoms with Gasteiger partial charge < -0.3 is 15.0 Å². The average molecular weight is 311 g/mol. The van der Waals surface area contributed by atoms with E-state index < -0.39 is 0 Å². The van der Waals surface area contributed by atoms with Gasteiger partial charge in [-0.25, -0.2) is 0 Å². The monoisotopic (exact) mass is 310 g/mol. The van der Waals surface area contributed by atoms with Crippen LogP contribution in [0.15, 0.2) is 18.2 Å². The van der Waals surface area contributed by atoms with Gasteiger partial charge in [-0.05, 0) is 44.1 Å². The summed E-state index contributed by atoms with van der Waals surface area (Å²) in [5, 5.41) is 3.48. The molecule has 1 aromatic rings.